The van der Waals surface area contributed by atoms with Crippen LogP contribution in [0.3, 0.4) is 0 Å². The highest BCUT2D eigenvalue weighted by molar-refractivity contribution is 7.92. The van der Waals surface area contributed by atoms with E-state index in [2.05, 4.69) is 9.44 Å². The van der Waals surface area contributed by atoms with Crippen molar-refractivity contribution in [1.29, 1.82) is 0 Å². The fourth-order valence-electron chi connectivity index (χ4n) is 2.62. The Kier molecular flexibility index (Phi) is 5.80. The van der Waals surface area contributed by atoms with Gasteiger partial charge in [-0.3, -0.25) is 4.72 Å². The zero-order valence-corrected chi connectivity index (χ0v) is 15.9. The van der Waals surface area contributed by atoms with Gasteiger partial charge in [-0.15, -0.1) is 0 Å². The van der Waals surface area contributed by atoms with E-state index in [0.29, 0.717) is 6.61 Å². The lowest BCUT2D eigenvalue weighted by Gasteiger charge is -2.12. The minimum Gasteiger partial charge on any atom is -0.377 e. The molecule has 0 unspecified atom stereocenters. The molecule has 1 saturated heterocycles. The van der Waals surface area contributed by atoms with Crippen molar-refractivity contribution in [3.63, 3.8) is 0 Å². The highest BCUT2D eigenvalue weighted by Crippen LogP contribution is 2.19. The molecule has 10 heteroatoms. The van der Waals surface area contributed by atoms with Crippen LogP contribution >= 0.6 is 0 Å². The van der Waals surface area contributed by atoms with E-state index in [-0.39, 0.29) is 28.1 Å². The Hall–Kier alpha value is -2.01. The molecule has 7 nitrogen and oxygen atoms in total. The number of ether oxygens (including phenoxy) is 1. The van der Waals surface area contributed by atoms with E-state index < -0.39 is 25.9 Å². The van der Waals surface area contributed by atoms with Crippen LogP contribution in [0.5, 0.6) is 0 Å². The summed E-state index contributed by atoms with van der Waals surface area (Å²) in [6.07, 6.45) is 1.60. The van der Waals surface area contributed by atoms with Gasteiger partial charge in [0.25, 0.3) is 10.0 Å². The second kappa shape index (κ2) is 7.93. The Morgan fingerprint density at radius 1 is 0.926 bits per heavy atom. The molecule has 0 bridgehead atoms. The zero-order valence-electron chi connectivity index (χ0n) is 14.3. The van der Waals surface area contributed by atoms with Crippen LogP contribution in [0.2, 0.25) is 0 Å². The minimum atomic E-state index is -3.90. The Balaban J connectivity index is 1.68. The highest BCUT2D eigenvalue weighted by Gasteiger charge is 2.20. The third-order valence-corrected chi connectivity index (χ3v) is 6.90. The van der Waals surface area contributed by atoms with Crippen LogP contribution in [-0.4, -0.2) is 36.1 Å². The van der Waals surface area contributed by atoms with Crippen molar-refractivity contribution < 1.29 is 26.0 Å². The normalized spacial score (nSPS) is 17.7. The van der Waals surface area contributed by atoms with Gasteiger partial charge in [-0.1, -0.05) is 0 Å². The van der Waals surface area contributed by atoms with Crippen molar-refractivity contribution in [1.82, 2.24) is 4.72 Å². The number of sulfonamides is 2. The Morgan fingerprint density at radius 2 is 1.52 bits per heavy atom. The van der Waals surface area contributed by atoms with E-state index in [1.165, 1.54) is 24.3 Å². The molecule has 0 amide bonds. The first-order valence-electron chi connectivity index (χ1n) is 8.26. The van der Waals surface area contributed by atoms with Crippen LogP contribution in [0.25, 0.3) is 0 Å². The summed E-state index contributed by atoms with van der Waals surface area (Å²) in [4.78, 5) is -0.0796. The average Bonchev–Trinajstić information content (AvgIpc) is 3.14. The molecule has 2 aromatic carbocycles. The molecule has 0 aromatic heterocycles. The summed E-state index contributed by atoms with van der Waals surface area (Å²) < 4.78 is 72.3. The SMILES string of the molecule is O=S(=O)(NC[C@@H]1CCCO1)c1ccc(NS(=O)(=O)c2ccc(F)cc2)cc1. The second-order valence-electron chi connectivity index (χ2n) is 6.07. The Labute approximate surface area is 157 Å². The van der Waals surface area contributed by atoms with Crippen molar-refractivity contribution in [2.75, 3.05) is 17.9 Å². The van der Waals surface area contributed by atoms with E-state index in [1.54, 1.807) is 0 Å². The fourth-order valence-corrected chi connectivity index (χ4v) is 4.75. The first kappa shape index (κ1) is 19.7. The van der Waals surface area contributed by atoms with Crippen LogP contribution in [0.15, 0.2) is 58.3 Å². The molecular formula is C17H19FN2O5S2. The first-order chi connectivity index (χ1) is 12.8. The van der Waals surface area contributed by atoms with Crippen molar-refractivity contribution in [2.45, 2.75) is 28.7 Å². The molecule has 0 spiro atoms. The molecule has 0 saturated carbocycles. The van der Waals surface area contributed by atoms with E-state index in [1.807, 2.05) is 0 Å². The van der Waals surface area contributed by atoms with Crippen LogP contribution in [0, 0.1) is 5.82 Å². The predicted molar refractivity (Wildman–Crippen MR) is 97.8 cm³/mol. The predicted octanol–water partition coefficient (Wildman–Crippen LogP) is 2.08. The van der Waals surface area contributed by atoms with E-state index in [9.17, 15) is 21.2 Å². The topological polar surface area (TPSA) is 102 Å². The first-order valence-corrected chi connectivity index (χ1v) is 11.2. The molecule has 0 radical (unpaired) electrons. The van der Waals surface area contributed by atoms with Gasteiger partial charge in [-0.05, 0) is 61.4 Å². The third-order valence-electron chi connectivity index (χ3n) is 4.07. The van der Waals surface area contributed by atoms with Gasteiger partial charge in [0.2, 0.25) is 10.0 Å². The summed E-state index contributed by atoms with van der Waals surface area (Å²) in [5.74, 6) is -0.543. The number of nitrogens with one attached hydrogen (secondary N) is 2. The van der Waals surface area contributed by atoms with Gasteiger partial charge in [0.05, 0.1) is 15.9 Å². The van der Waals surface area contributed by atoms with Crippen LogP contribution < -0.4 is 9.44 Å². The van der Waals surface area contributed by atoms with E-state index in [4.69, 9.17) is 4.74 Å². The fraction of sp³-hybridized carbons (Fsp3) is 0.294. The van der Waals surface area contributed by atoms with Crippen LogP contribution in [0.4, 0.5) is 10.1 Å². The molecule has 3 rings (SSSR count). The lowest BCUT2D eigenvalue weighted by atomic mass is 10.2. The van der Waals surface area contributed by atoms with Crippen LogP contribution in [0.1, 0.15) is 12.8 Å². The molecule has 0 aliphatic carbocycles. The smallest absolute Gasteiger partial charge is 0.261 e. The number of hydrogen-bond acceptors (Lipinski definition) is 5. The van der Waals surface area contributed by atoms with Gasteiger partial charge in [0.15, 0.2) is 0 Å². The highest BCUT2D eigenvalue weighted by atomic mass is 32.2. The maximum atomic E-state index is 12.9. The van der Waals surface area contributed by atoms with E-state index in [0.717, 1.165) is 37.1 Å². The molecule has 1 aliphatic heterocycles. The molecule has 2 aromatic rings. The lowest BCUT2D eigenvalue weighted by Crippen LogP contribution is -2.31. The summed E-state index contributed by atoms with van der Waals surface area (Å²) in [7, 11) is -7.61. The maximum Gasteiger partial charge on any atom is 0.261 e. The average molecular weight is 414 g/mol. The van der Waals surface area contributed by atoms with E-state index >= 15 is 0 Å². The number of hydrogen-bond donors (Lipinski definition) is 2. The van der Waals surface area contributed by atoms with Gasteiger partial charge in [0.1, 0.15) is 5.82 Å². The standard InChI is InChI=1S/C17H19FN2O5S2/c18-13-3-7-17(8-4-13)27(23,24)20-14-5-9-16(10-6-14)26(21,22)19-12-15-2-1-11-25-15/h3-10,15,19-20H,1-2,11-12H2/t15-/m0/s1. The number of halogens is 1. The molecule has 2 N–H and O–H groups in total. The van der Waals surface area contributed by atoms with Crippen LogP contribution in [-0.2, 0) is 24.8 Å². The van der Waals surface area contributed by atoms with Gasteiger partial charge in [-0.2, -0.15) is 0 Å². The third kappa shape index (κ3) is 5.04. The molecule has 1 heterocycles. The maximum absolute atomic E-state index is 12.9. The summed E-state index contributed by atoms with van der Waals surface area (Å²) in [6, 6.07) is 9.69. The molecule has 27 heavy (non-hydrogen) atoms. The van der Waals surface area contributed by atoms with Crippen molar-refractivity contribution >= 4 is 25.7 Å². The largest absolute Gasteiger partial charge is 0.377 e. The quantitative estimate of drug-likeness (QED) is 0.722. The van der Waals surface area contributed by atoms with Gasteiger partial charge in [0, 0.05) is 18.8 Å². The zero-order chi connectivity index (χ0) is 19.5. The number of rotatable bonds is 7. The lowest BCUT2D eigenvalue weighted by molar-refractivity contribution is 0.114. The van der Waals surface area contributed by atoms with Gasteiger partial charge in [-0.25, -0.2) is 25.9 Å². The molecular weight excluding hydrogens is 395 g/mol. The second-order valence-corrected chi connectivity index (χ2v) is 9.52. The summed E-state index contributed by atoms with van der Waals surface area (Å²) in [5.41, 5.74) is 0.192. The van der Waals surface area contributed by atoms with Gasteiger partial charge >= 0.3 is 0 Å². The Morgan fingerprint density at radius 3 is 2.11 bits per heavy atom. The summed E-state index contributed by atoms with van der Waals surface area (Å²) in [5, 5.41) is 0. The number of benzene rings is 2. The monoisotopic (exact) mass is 414 g/mol. The number of anilines is 1. The Bertz CT molecular complexity index is 985. The molecule has 146 valence electrons. The summed E-state index contributed by atoms with van der Waals surface area (Å²) in [6.45, 7) is 0.830. The van der Waals surface area contributed by atoms with Crippen molar-refractivity contribution in [3.05, 3.63) is 54.3 Å². The molecule has 1 aliphatic rings. The van der Waals surface area contributed by atoms with Crippen molar-refractivity contribution in [3.8, 4) is 0 Å². The van der Waals surface area contributed by atoms with Gasteiger partial charge < -0.3 is 4.74 Å². The van der Waals surface area contributed by atoms with Crippen molar-refractivity contribution in [2.24, 2.45) is 0 Å². The minimum absolute atomic E-state index is 0.0187. The summed E-state index contributed by atoms with van der Waals surface area (Å²) >= 11 is 0. The molecule has 1 atom stereocenters. The molecule has 1 fully saturated rings.